The van der Waals surface area contributed by atoms with Gasteiger partial charge in [0.05, 0.1) is 11.4 Å². The third-order valence-corrected chi connectivity index (χ3v) is 3.28. The topological polar surface area (TPSA) is 58.4 Å². The monoisotopic (exact) mass is 263 g/mol. The van der Waals surface area contributed by atoms with Crippen molar-refractivity contribution in [3.63, 3.8) is 0 Å². The molecule has 0 aliphatic heterocycles. The Morgan fingerprint density at radius 1 is 1.42 bits per heavy atom. The van der Waals surface area contributed by atoms with Crippen molar-refractivity contribution in [2.24, 2.45) is 5.92 Å². The Balaban J connectivity index is 2.34. The minimum absolute atomic E-state index is 0.00824. The highest BCUT2D eigenvalue weighted by molar-refractivity contribution is 5.93. The lowest BCUT2D eigenvalue weighted by Crippen LogP contribution is -2.28. The van der Waals surface area contributed by atoms with Gasteiger partial charge in [0.2, 0.25) is 5.91 Å². The van der Waals surface area contributed by atoms with Gasteiger partial charge in [-0.2, -0.15) is 0 Å². The van der Waals surface area contributed by atoms with E-state index < -0.39 is 0 Å². The van der Waals surface area contributed by atoms with Crippen LogP contribution in [0.2, 0.25) is 0 Å². The first-order valence-electron chi connectivity index (χ1n) is 6.85. The van der Waals surface area contributed by atoms with Gasteiger partial charge in [-0.1, -0.05) is 32.4 Å². The van der Waals surface area contributed by atoms with E-state index in [1.165, 1.54) is 0 Å². The molecule has 1 aromatic carbocycles. The minimum Gasteiger partial charge on any atom is -0.397 e. The van der Waals surface area contributed by atoms with Crippen molar-refractivity contribution >= 4 is 17.3 Å². The van der Waals surface area contributed by atoms with Gasteiger partial charge >= 0.3 is 0 Å². The summed E-state index contributed by atoms with van der Waals surface area (Å²) in [7, 11) is 2.05. The maximum atomic E-state index is 11.8. The van der Waals surface area contributed by atoms with E-state index in [9.17, 15) is 4.79 Å². The van der Waals surface area contributed by atoms with Gasteiger partial charge in [0, 0.05) is 19.5 Å². The van der Waals surface area contributed by atoms with Crippen molar-refractivity contribution in [2.45, 2.75) is 26.7 Å². The van der Waals surface area contributed by atoms with Crippen molar-refractivity contribution < 1.29 is 4.79 Å². The van der Waals surface area contributed by atoms with Crippen LogP contribution in [0.25, 0.3) is 0 Å². The third-order valence-electron chi connectivity index (χ3n) is 3.28. The highest BCUT2D eigenvalue weighted by atomic mass is 16.1. The molecule has 0 saturated carbocycles. The van der Waals surface area contributed by atoms with E-state index in [1.54, 1.807) is 6.07 Å². The fourth-order valence-electron chi connectivity index (χ4n) is 1.87. The van der Waals surface area contributed by atoms with Gasteiger partial charge in [-0.05, 0) is 25.1 Å². The maximum Gasteiger partial charge on any atom is 0.225 e. The Labute approximate surface area is 116 Å². The molecule has 0 saturated heterocycles. The molecule has 1 rings (SSSR count). The number of benzene rings is 1. The summed E-state index contributed by atoms with van der Waals surface area (Å²) < 4.78 is 0. The molecule has 3 N–H and O–H groups in total. The summed E-state index contributed by atoms with van der Waals surface area (Å²) in [5.41, 5.74) is 7.08. The lowest BCUT2D eigenvalue weighted by atomic mass is 10.1. The molecule has 0 radical (unpaired) electrons. The van der Waals surface area contributed by atoms with Crippen molar-refractivity contribution in [1.82, 2.24) is 4.90 Å². The Morgan fingerprint density at radius 2 is 2.11 bits per heavy atom. The molecule has 19 heavy (non-hydrogen) atoms. The Bertz CT molecular complexity index is 406. The van der Waals surface area contributed by atoms with E-state index >= 15 is 0 Å². The second-order valence-corrected chi connectivity index (χ2v) is 5.16. The summed E-state index contributed by atoms with van der Waals surface area (Å²) in [6.07, 6.45) is 1.65. The number of para-hydroxylation sites is 2. The summed E-state index contributed by atoms with van der Waals surface area (Å²) in [4.78, 5) is 14.0. The van der Waals surface area contributed by atoms with Crippen LogP contribution < -0.4 is 11.1 Å². The number of hydrogen-bond acceptors (Lipinski definition) is 3. The zero-order valence-corrected chi connectivity index (χ0v) is 12.1. The number of rotatable bonds is 7. The molecule has 0 spiro atoms. The van der Waals surface area contributed by atoms with E-state index in [1.807, 2.05) is 18.2 Å². The number of anilines is 2. The minimum atomic E-state index is 0.00824. The zero-order valence-electron chi connectivity index (χ0n) is 12.1. The van der Waals surface area contributed by atoms with Gasteiger partial charge < -0.3 is 16.0 Å². The zero-order chi connectivity index (χ0) is 14.3. The number of hydrogen-bond donors (Lipinski definition) is 2. The summed E-state index contributed by atoms with van der Waals surface area (Å²) in [6, 6.07) is 7.31. The predicted molar refractivity (Wildman–Crippen MR) is 81.1 cm³/mol. The lowest BCUT2D eigenvalue weighted by molar-refractivity contribution is -0.116. The van der Waals surface area contributed by atoms with Crippen molar-refractivity contribution in [3.8, 4) is 0 Å². The molecule has 0 bridgehead atoms. The van der Waals surface area contributed by atoms with Crippen LogP contribution in [0.1, 0.15) is 26.7 Å². The molecule has 106 valence electrons. The number of nitrogens with zero attached hydrogens (tertiary/aromatic N) is 1. The quantitative estimate of drug-likeness (QED) is 0.743. The van der Waals surface area contributed by atoms with Crippen molar-refractivity contribution in [1.29, 1.82) is 0 Å². The van der Waals surface area contributed by atoms with E-state index in [-0.39, 0.29) is 5.91 Å². The molecule has 1 atom stereocenters. The Morgan fingerprint density at radius 3 is 2.74 bits per heavy atom. The number of nitrogens with one attached hydrogen (secondary N) is 1. The van der Waals surface area contributed by atoms with Crippen LogP contribution in [-0.2, 0) is 4.79 Å². The van der Waals surface area contributed by atoms with Crippen LogP contribution in [0.5, 0.6) is 0 Å². The summed E-state index contributed by atoms with van der Waals surface area (Å²) in [5, 5.41) is 2.84. The summed E-state index contributed by atoms with van der Waals surface area (Å²) >= 11 is 0. The van der Waals surface area contributed by atoms with Gasteiger partial charge in [-0.3, -0.25) is 4.79 Å². The predicted octanol–water partition coefficient (Wildman–Crippen LogP) is 2.58. The molecule has 4 heteroatoms. The van der Waals surface area contributed by atoms with Crippen LogP contribution in [0.4, 0.5) is 11.4 Å². The van der Waals surface area contributed by atoms with Crippen LogP contribution in [-0.4, -0.2) is 30.9 Å². The van der Waals surface area contributed by atoms with E-state index in [0.717, 1.165) is 19.5 Å². The lowest BCUT2D eigenvalue weighted by Gasteiger charge is -2.20. The molecule has 1 aromatic rings. The number of carbonyl (C=O) groups is 1. The van der Waals surface area contributed by atoms with Crippen LogP contribution in [0.15, 0.2) is 24.3 Å². The molecule has 0 fully saturated rings. The second-order valence-electron chi connectivity index (χ2n) is 5.16. The first-order chi connectivity index (χ1) is 9.02. The van der Waals surface area contributed by atoms with Gasteiger partial charge in [0.15, 0.2) is 0 Å². The largest absolute Gasteiger partial charge is 0.397 e. The second kappa shape index (κ2) is 7.79. The van der Waals surface area contributed by atoms with Crippen LogP contribution >= 0.6 is 0 Å². The molecule has 1 unspecified atom stereocenters. The van der Waals surface area contributed by atoms with Gasteiger partial charge in [-0.25, -0.2) is 0 Å². The summed E-state index contributed by atoms with van der Waals surface area (Å²) in [5.74, 6) is 0.673. The Hall–Kier alpha value is -1.55. The Kier molecular flexibility index (Phi) is 6.36. The number of nitrogen functional groups attached to an aromatic ring is 1. The molecule has 0 aromatic heterocycles. The van der Waals surface area contributed by atoms with Crippen molar-refractivity contribution in [3.05, 3.63) is 24.3 Å². The average Bonchev–Trinajstić information content (AvgIpc) is 2.39. The molecule has 4 nitrogen and oxygen atoms in total. The van der Waals surface area contributed by atoms with Gasteiger partial charge in [0.1, 0.15) is 0 Å². The fourth-order valence-corrected chi connectivity index (χ4v) is 1.87. The number of carbonyl (C=O) groups excluding carboxylic acids is 1. The van der Waals surface area contributed by atoms with Gasteiger partial charge in [0.25, 0.3) is 0 Å². The normalized spacial score (nSPS) is 12.4. The number of nitrogens with two attached hydrogens (primary N) is 1. The molecular formula is C15H25N3O. The standard InChI is InChI=1S/C15H25N3O/c1-4-12(2)11-18(3)10-9-15(19)17-14-8-6-5-7-13(14)16/h5-8,12H,4,9-11,16H2,1-3H3,(H,17,19). The first kappa shape index (κ1) is 15.5. The molecule has 1 amide bonds. The average molecular weight is 263 g/mol. The van der Waals surface area contributed by atoms with Crippen LogP contribution in [0, 0.1) is 5.92 Å². The molecule has 0 aliphatic rings. The SMILES string of the molecule is CCC(C)CN(C)CCC(=O)Nc1ccccc1N. The molecular weight excluding hydrogens is 238 g/mol. The van der Waals surface area contributed by atoms with Crippen molar-refractivity contribution in [2.75, 3.05) is 31.2 Å². The van der Waals surface area contributed by atoms with Gasteiger partial charge in [-0.15, -0.1) is 0 Å². The third kappa shape index (κ3) is 5.75. The van der Waals surface area contributed by atoms with E-state index in [2.05, 4.69) is 31.1 Å². The number of amides is 1. The van der Waals surface area contributed by atoms with Crippen LogP contribution in [0.3, 0.4) is 0 Å². The summed E-state index contributed by atoms with van der Waals surface area (Å²) in [6.45, 7) is 6.20. The van der Waals surface area contributed by atoms with E-state index in [4.69, 9.17) is 5.73 Å². The maximum absolute atomic E-state index is 11.8. The highest BCUT2D eigenvalue weighted by Gasteiger charge is 2.08. The first-order valence-corrected chi connectivity index (χ1v) is 6.85. The molecule has 0 heterocycles. The smallest absolute Gasteiger partial charge is 0.225 e. The van der Waals surface area contributed by atoms with E-state index in [0.29, 0.717) is 23.7 Å². The highest BCUT2D eigenvalue weighted by Crippen LogP contribution is 2.16. The fraction of sp³-hybridized carbons (Fsp3) is 0.533. The molecule has 0 aliphatic carbocycles.